The zero-order chi connectivity index (χ0) is 28.1. The molecule has 40 heavy (non-hydrogen) atoms. The average molecular weight is 557 g/mol. The molecule has 10 heteroatoms. The summed E-state index contributed by atoms with van der Waals surface area (Å²) in [5, 5.41) is 6.77. The van der Waals surface area contributed by atoms with Gasteiger partial charge in [-0.15, -0.1) is 0 Å². The highest BCUT2D eigenvalue weighted by Gasteiger charge is 2.41. The molecule has 2 aromatic carbocycles. The van der Waals surface area contributed by atoms with Gasteiger partial charge in [-0.3, -0.25) is 9.78 Å². The fraction of sp³-hybridized carbons (Fsp3) is 0.200. The minimum absolute atomic E-state index is 0.174. The van der Waals surface area contributed by atoms with Crippen molar-refractivity contribution in [2.45, 2.75) is 18.5 Å². The smallest absolute Gasteiger partial charge is 0.337 e. The molecule has 5 rings (SSSR count). The second-order valence-electron chi connectivity index (χ2n) is 9.09. The van der Waals surface area contributed by atoms with Crippen LogP contribution >= 0.6 is 12.2 Å². The monoisotopic (exact) mass is 556 g/mol. The van der Waals surface area contributed by atoms with Gasteiger partial charge in [0.1, 0.15) is 23.3 Å². The quantitative estimate of drug-likeness (QED) is 0.214. The van der Waals surface area contributed by atoms with E-state index in [4.69, 9.17) is 26.1 Å². The number of hydrogen-bond acceptors (Lipinski definition) is 7. The maximum Gasteiger partial charge on any atom is 0.337 e. The molecule has 0 saturated carbocycles. The van der Waals surface area contributed by atoms with Gasteiger partial charge in [-0.1, -0.05) is 30.3 Å². The zero-order valence-corrected chi connectivity index (χ0v) is 22.8. The maximum absolute atomic E-state index is 12.9. The Morgan fingerprint density at radius 1 is 1.05 bits per heavy atom. The number of benzene rings is 2. The van der Waals surface area contributed by atoms with Crippen molar-refractivity contribution in [3.05, 3.63) is 102 Å². The van der Waals surface area contributed by atoms with Crippen LogP contribution in [0.4, 0.5) is 5.69 Å². The van der Waals surface area contributed by atoms with Gasteiger partial charge in [-0.2, -0.15) is 0 Å². The number of amides is 1. The molecule has 0 radical (unpaired) electrons. The number of rotatable bonds is 9. The molecule has 2 N–H and O–H groups in total. The van der Waals surface area contributed by atoms with E-state index >= 15 is 0 Å². The molecule has 1 fully saturated rings. The van der Waals surface area contributed by atoms with E-state index in [1.165, 1.54) is 7.11 Å². The van der Waals surface area contributed by atoms with Crippen molar-refractivity contribution in [1.82, 2.24) is 15.2 Å². The third kappa shape index (κ3) is 5.67. The van der Waals surface area contributed by atoms with Gasteiger partial charge in [-0.05, 0) is 60.7 Å². The predicted octanol–water partition coefficient (Wildman–Crippen LogP) is 5.14. The summed E-state index contributed by atoms with van der Waals surface area (Å²) in [6.45, 7) is 0.342. The number of carbonyl (C=O) groups is 2. The minimum Gasteiger partial charge on any atom is -0.495 e. The summed E-state index contributed by atoms with van der Waals surface area (Å²) in [6, 6.07) is 23.1. The molecule has 0 aliphatic carbocycles. The maximum atomic E-state index is 12.9. The van der Waals surface area contributed by atoms with Crippen LogP contribution in [0, 0.1) is 0 Å². The Morgan fingerprint density at radius 2 is 1.88 bits per heavy atom. The first-order valence-electron chi connectivity index (χ1n) is 12.7. The number of ether oxygens (including phenoxy) is 2. The molecule has 2 aromatic heterocycles. The molecule has 1 amide bonds. The van der Waals surface area contributed by atoms with E-state index in [1.54, 1.807) is 43.6 Å². The SMILES string of the molecule is COC(=O)c1cccc(-c2ccc([C@H]3[C@H](c4ccccn4)NC(=S)N3CCC(=O)Nc3ccccc3OC)o2)c1. The lowest BCUT2D eigenvalue weighted by atomic mass is 10.0. The number of thiocarbonyl (C=S) groups is 1. The second kappa shape index (κ2) is 12.0. The van der Waals surface area contributed by atoms with Crippen molar-refractivity contribution in [2.24, 2.45) is 0 Å². The molecule has 4 aromatic rings. The van der Waals surface area contributed by atoms with Crippen molar-refractivity contribution < 1.29 is 23.5 Å². The van der Waals surface area contributed by atoms with Crippen molar-refractivity contribution in [3.63, 3.8) is 0 Å². The number of pyridine rings is 1. The Bertz CT molecular complexity index is 1520. The van der Waals surface area contributed by atoms with Gasteiger partial charge >= 0.3 is 5.97 Å². The molecule has 1 aliphatic heterocycles. The van der Waals surface area contributed by atoms with Crippen molar-refractivity contribution in [1.29, 1.82) is 0 Å². The van der Waals surface area contributed by atoms with Crippen LogP contribution < -0.4 is 15.4 Å². The first kappa shape index (κ1) is 26.9. The number of nitrogens with one attached hydrogen (secondary N) is 2. The second-order valence-corrected chi connectivity index (χ2v) is 9.48. The lowest BCUT2D eigenvalue weighted by molar-refractivity contribution is -0.116. The fourth-order valence-electron chi connectivity index (χ4n) is 4.72. The summed E-state index contributed by atoms with van der Waals surface area (Å²) in [5.74, 6) is 1.22. The highest BCUT2D eigenvalue weighted by atomic mass is 32.1. The number of hydrogen-bond donors (Lipinski definition) is 2. The molecular formula is C30H28N4O5S. The van der Waals surface area contributed by atoms with Gasteiger partial charge in [0, 0.05) is 24.7 Å². The minimum atomic E-state index is -0.424. The number of methoxy groups -OCH3 is 2. The Morgan fingerprint density at radius 3 is 2.65 bits per heavy atom. The Labute approximate surface area is 237 Å². The topological polar surface area (TPSA) is 106 Å². The number of nitrogens with zero attached hydrogens (tertiary/aromatic N) is 2. The fourth-order valence-corrected chi connectivity index (χ4v) is 5.05. The number of furan rings is 1. The summed E-state index contributed by atoms with van der Waals surface area (Å²) >= 11 is 5.72. The highest BCUT2D eigenvalue weighted by Crippen LogP contribution is 2.40. The van der Waals surface area contributed by atoms with Crippen molar-refractivity contribution in [2.75, 3.05) is 26.1 Å². The van der Waals surface area contributed by atoms with Crippen LogP contribution in [0.5, 0.6) is 5.75 Å². The van der Waals surface area contributed by atoms with E-state index in [0.29, 0.717) is 40.2 Å². The van der Waals surface area contributed by atoms with Crippen molar-refractivity contribution in [3.8, 4) is 17.1 Å². The van der Waals surface area contributed by atoms with Gasteiger partial charge < -0.3 is 29.4 Å². The van der Waals surface area contributed by atoms with Gasteiger partial charge in [-0.25, -0.2) is 4.79 Å². The molecule has 9 nitrogen and oxygen atoms in total. The van der Waals surface area contributed by atoms with Gasteiger partial charge in [0.2, 0.25) is 5.91 Å². The van der Waals surface area contributed by atoms with Crippen LogP contribution in [0.3, 0.4) is 0 Å². The molecule has 1 aliphatic rings. The predicted molar refractivity (Wildman–Crippen MR) is 154 cm³/mol. The first-order chi connectivity index (χ1) is 19.5. The highest BCUT2D eigenvalue weighted by molar-refractivity contribution is 7.80. The summed E-state index contributed by atoms with van der Waals surface area (Å²) in [7, 11) is 2.91. The Kier molecular flexibility index (Phi) is 8.07. The van der Waals surface area contributed by atoms with Gasteiger partial charge in [0.15, 0.2) is 5.11 Å². The largest absolute Gasteiger partial charge is 0.495 e. The van der Waals surface area contributed by atoms with E-state index in [0.717, 1.165) is 11.3 Å². The number of para-hydroxylation sites is 2. The normalized spacial score (nSPS) is 16.4. The van der Waals surface area contributed by atoms with E-state index in [-0.39, 0.29) is 24.4 Å². The van der Waals surface area contributed by atoms with Crippen LogP contribution in [0.15, 0.2) is 89.5 Å². The number of anilines is 1. The van der Waals surface area contributed by atoms with Gasteiger partial charge in [0.25, 0.3) is 0 Å². The summed E-state index contributed by atoms with van der Waals surface area (Å²) in [4.78, 5) is 31.4. The van der Waals surface area contributed by atoms with Crippen LogP contribution in [0.2, 0.25) is 0 Å². The van der Waals surface area contributed by atoms with E-state index in [2.05, 4.69) is 15.6 Å². The third-order valence-electron chi connectivity index (χ3n) is 6.65. The Hall–Kier alpha value is -4.70. The van der Waals surface area contributed by atoms with E-state index in [9.17, 15) is 9.59 Å². The number of carbonyl (C=O) groups excluding carboxylic acids is 2. The number of esters is 1. The van der Waals surface area contributed by atoms with Crippen LogP contribution in [-0.4, -0.2) is 47.6 Å². The van der Waals surface area contributed by atoms with Crippen LogP contribution in [0.1, 0.15) is 40.3 Å². The number of aromatic nitrogens is 1. The molecule has 0 unspecified atom stereocenters. The average Bonchev–Trinajstić information content (AvgIpc) is 3.61. The Balaban J connectivity index is 1.40. The third-order valence-corrected chi connectivity index (χ3v) is 7.00. The molecule has 204 valence electrons. The summed E-state index contributed by atoms with van der Waals surface area (Å²) in [6.07, 6.45) is 1.91. The van der Waals surface area contributed by atoms with Crippen LogP contribution in [0.25, 0.3) is 11.3 Å². The summed E-state index contributed by atoms with van der Waals surface area (Å²) in [5.41, 5.74) is 2.56. The molecule has 0 bridgehead atoms. The summed E-state index contributed by atoms with van der Waals surface area (Å²) < 4.78 is 16.5. The van der Waals surface area contributed by atoms with E-state index < -0.39 is 5.97 Å². The van der Waals surface area contributed by atoms with Gasteiger partial charge in [0.05, 0.1) is 37.2 Å². The molecule has 3 heterocycles. The standard InChI is InChI=1S/C30H28N4O5S/c1-37-24-12-4-3-10-21(24)32-26(35)15-17-34-28(27(33-30(34)40)22-11-5-6-16-31-22)25-14-13-23(39-25)19-8-7-9-20(18-19)29(36)38-2/h3-14,16,18,27-28H,15,17H2,1-2H3,(H,32,35)(H,33,40)/t27-,28-/m0/s1. The lowest BCUT2D eigenvalue weighted by Gasteiger charge is -2.26. The van der Waals surface area contributed by atoms with Crippen molar-refractivity contribution >= 4 is 34.9 Å². The van der Waals surface area contributed by atoms with Crippen LogP contribution in [-0.2, 0) is 9.53 Å². The first-order valence-corrected chi connectivity index (χ1v) is 13.1. The molecule has 1 saturated heterocycles. The van der Waals surface area contributed by atoms with E-state index in [1.807, 2.05) is 53.4 Å². The zero-order valence-electron chi connectivity index (χ0n) is 22.0. The lowest BCUT2D eigenvalue weighted by Crippen LogP contribution is -2.32. The molecule has 2 atom stereocenters. The molecule has 0 spiro atoms. The molecular weight excluding hydrogens is 528 g/mol.